The summed E-state index contributed by atoms with van der Waals surface area (Å²) in [6.45, 7) is 0. The van der Waals surface area contributed by atoms with E-state index >= 15 is 0 Å². The number of nitrogens with zero attached hydrogens (tertiary/aromatic N) is 2. The van der Waals surface area contributed by atoms with Crippen LogP contribution in [0.5, 0.6) is 5.75 Å². The molecule has 8 heteroatoms. The predicted octanol–water partition coefficient (Wildman–Crippen LogP) is 2.03. The first-order chi connectivity index (χ1) is 8.60. The van der Waals surface area contributed by atoms with E-state index in [1.54, 1.807) is 18.2 Å². The summed E-state index contributed by atoms with van der Waals surface area (Å²) in [6, 6.07) is 4.94. The van der Waals surface area contributed by atoms with Gasteiger partial charge in [0.2, 0.25) is 10.1 Å². The van der Waals surface area contributed by atoms with E-state index in [1.165, 1.54) is 7.11 Å². The number of nitrogen functional groups attached to an aromatic ring is 1. The van der Waals surface area contributed by atoms with Gasteiger partial charge in [0.15, 0.2) is 0 Å². The highest BCUT2D eigenvalue weighted by Gasteiger charge is 2.13. The Morgan fingerprint density at radius 3 is 2.89 bits per heavy atom. The van der Waals surface area contributed by atoms with Gasteiger partial charge in [-0.2, -0.15) is 0 Å². The number of hydrogen-bond donors (Lipinski definition) is 2. The Labute approximate surface area is 112 Å². The number of ether oxygens (including phenoxy) is 1. The number of methoxy groups -OCH3 is 1. The van der Waals surface area contributed by atoms with Gasteiger partial charge in [-0.25, -0.2) is 0 Å². The number of amides is 1. The molecule has 1 heterocycles. The van der Waals surface area contributed by atoms with E-state index < -0.39 is 5.91 Å². The van der Waals surface area contributed by atoms with Crippen molar-refractivity contribution in [2.45, 2.75) is 0 Å². The first-order valence-electron chi connectivity index (χ1n) is 4.84. The summed E-state index contributed by atoms with van der Waals surface area (Å²) in [4.78, 5) is 11.8. The summed E-state index contributed by atoms with van der Waals surface area (Å²) in [5.74, 6) is 0.172. The van der Waals surface area contributed by atoms with Gasteiger partial charge in [-0.05, 0) is 12.1 Å². The fraction of sp³-hybridized carbons (Fsp3) is 0.100. The lowest BCUT2D eigenvalue weighted by Gasteiger charge is -2.07. The van der Waals surface area contributed by atoms with Crippen LogP contribution >= 0.6 is 22.9 Å². The molecule has 0 unspecified atom stereocenters. The number of nitrogens with one attached hydrogen (secondary N) is 1. The zero-order chi connectivity index (χ0) is 13.1. The van der Waals surface area contributed by atoms with E-state index in [0.717, 1.165) is 11.3 Å². The van der Waals surface area contributed by atoms with Gasteiger partial charge >= 0.3 is 0 Å². The lowest BCUT2D eigenvalue weighted by molar-refractivity contribution is 0.102. The number of rotatable bonds is 3. The second kappa shape index (κ2) is 5.19. The van der Waals surface area contributed by atoms with E-state index in [9.17, 15) is 4.79 Å². The lowest BCUT2D eigenvalue weighted by Crippen LogP contribution is -2.12. The number of benzene rings is 1. The number of hydrogen-bond acceptors (Lipinski definition) is 6. The molecule has 0 saturated carbocycles. The molecule has 1 amide bonds. The van der Waals surface area contributed by atoms with Crippen molar-refractivity contribution in [3.8, 4) is 5.75 Å². The third-order valence-electron chi connectivity index (χ3n) is 2.06. The fourth-order valence-electron chi connectivity index (χ4n) is 1.23. The van der Waals surface area contributed by atoms with Gasteiger partial charge in [-0.1, -0.05) is 22.9 Å². The number of aromatic nitrogens is 2. The van der Waals surface area contributed by atoms with Crippen molar-refractivity contribution in [3.05, 3.63) is 28.2 Å². The minimum atomic E-state index is -0.417. The van der Waals surface area contributed by atoms with Crippen molar-refractivity contribution in [3.63, 3.8) is 0 Å². The number of carbonyl (C=O) groups is 1. The average Bonchev–Trinajstić information content (AvgIpc) is 2.79. The van der Waals surface area contributed by atoms with Crippen LogP contribution < -0.4 is 15.8 Å². The Kier molecular flexibility index (Phi) is 3.63. The summed E-state index contributed by atoms with van der Waals surface area (Å²) in [5, 5.41) is 10.6. The largest absolute Gasteiger partial charge is 0.497 e. The summed E-state index contributed by atoms with van der Waals surface area (Å²) in [5.41, 5.74) is 5.84. The van der Waals surface area contributed by atoms with Crippen LogP contribution in [-0.2, 0) is 0 Å². The summed E-state index contributed by atoms with van der Waals surface area (Å²) >= 11 is 6.96. The van der Waals surface area contributed by atoms with Crippen LogP contribution in [0.4, 0.5) is 10.8 Å². The Morgan fingerprint density at radius 1 is 1.50 bits per heavy atom. The smallest absolute Gasteiger partial charge is 0.286 e. The van der Waals surface area contributed by atoms with Crippen LogP contribution in [0.2, 0.25) is 5.02 Å². The van der Waals surface area contributed by atoms with E-state index in [1.807, 2.05) is 0 Å². The van der Waals surface area contributed by atoms with Crippen LogP contribution in [0.15, 0.2) is 18.2 Å². The monoisotopic (exact) mass is 284 g/mol. The molecular formula is C10H9ClN4O2S. The van der Waals surface area contributed by atoms with Crippen LogP contribution in [0, 0.1) is 0 Å². The summed E-state index contributed by atoms with van der Waals surface area (Å²) in [6.07, 6.45) is 0. The molecule has 18 heavy (non-hydrogen) atoms. The SMILES string of the molecule is COc1ccc(Cl)c(NC(=O)c2nnc(N)s2)c1. The minimum Gasteiger partial charge on any atom is -0.497 e. The Hall–Kier alpha value is -1.86. The molecule has 6 nitrogen and oxygen atoms in total. The van der Waals surface area contributed by atoms with Crippen molar-refractivity contribution < 1.29 is 9.53 Å². The van der Waals surface area contributed by atoms with E-state index in [-0.39, 0.29) is 10.1 Å². The Balaban J connectivity index is 2.21. The van der Waals surface area contributed by atoms with Gasteiger partial charge in [0, 0.05) is 6.07 Å². The molecule has 2 aromatic rings. The molecule has 0 saturated heterocycles. The van der Waals surface area contributed by atoms with E-state index in [4.69, 9.17) is 22.1 Å². The number of carbonyl (C=O) groups excluding carboxylic acids is 1. The molecule has 0 radical (unpaired) electrons. The molecule has 3 N–H and O–H groups in total. The predicted molar refractivity (Wildman–Crippen MR) is 70.3 cm³/mol. The van der Waals surface area contributed by atoms with Crippen LogP contribution in [-0.4, -0.2) is 23.2 Å². The second-order valence-corrected chi connectivity index (χ2v) is 4.66. The summed E-state index contributed by atoms with van der Waals surface area (Å²) < 4.78 is 5.05. The molecule has 0 spiro atoms. The lowest BCUT2D eigenvalue weighted by atomic mass is 10.3. The van der Waals surface area contributed by atoms with Crippen molar-refractivity contribution in [2.24, 2.45) is 0 Å². The quantitative estimate of drug-likeness (QED) is 0.900. The first-order valence-corrected chi connectivity index (χ1v) is 6.03. The Bertz CT molecular complexity index is 587. The second-order valence-electron chi connectivity index (χ2n) is 3.25. The van der Waals surface area contributed by atoms with Crippen molar-refractivity contribution in [2.75, 3.05) is 18.2 Å². The van der Waals surface area contributed by atoms with Crippen molar-refractivity contribution in [1.29, 1.82) is 0 Å². The average molecular weight is 285 g/mol. The molecule has 0 atom stereocenters. The molecule has 1 aromatic heterocycles. The normalized spacial score (nSPS) is 10.1. The third-order valence-corrected chi connectivity index (χ3v) is 3.14. The molecule has 0 bridgehead atoms. The number of nitrogens with two attached hydrogens (primary N) is 1. The van der Waals surface area contributed by atoms with Gasteiger partial charge in [-0.3, -0.25) is 4.79 Å². The number of halogens is 1. The molecule has 0 aliphatic carbocycles. The molecular weight excluding hydrogens is 276 g/mol. The van der Waals surface area contributed by atoms with Crippen molar-refractivity contribution in [1.82, 2.24) is 10.2 Å². The maximum absolute atomic E-state index is 11.8. The third kappa shape index (κ3) is 2.69. The molecule has 1 aromatic carbocycles. The van der Waals surface area contributed by atoms with Crippen LogP contribution in [0.25, 0.3) is 0 Å². The van der Waals surface area contributed by atoms with Gasteiger partial charge in [-0.15, -0.1) is 10.2 Å². The van der Waals surface area contributed by atoms with E-state index in [0.29, 0.717) is 16.5 Å². The van der Waals surface area contributed by atoms with Crippen LogP contribution in [0.3, 0.4) is 0 Å². The molecule has 0 aliphatic heterocycles. The maximum Gasteiger partial charge on any atom is 0.286 e. The van der Waals surface area contributed by atoms with Gasteiger partial charge in [0.05, 0.1) is 17.8 Å². The molecule has 94 valence electrons. The van der Waals surface area contributed by atoms with Gasteiger partial charge < -0.3 is 15.8 Å². The Morgan fingerprint density at radius 2 is 2.28 bits per heavy atom. The van der Waals surface area contributed by atoms with Crippen LogP contribution in [0.1, 0.15) is 9.80 Å². The molecule has 2 rings (SSSR count). The highest BCUT2D eigenvalue weighted by atomic mass is 35.5. The maximum atomic E-state index is 11.8. The minimum absolute atomic E-state index is 0.173. The van der Waals surface area contributed by atoms with Gasteiger partial charge in [0.1, 0.15) is 5.75 Å². The topological polar surface area (TPSA) is 90.1 Å². The number of anilines is 2. The molecule has 0 aliphatic rings. The highest BCUT2D eigenvalue weighted by Crippen LogP contribution is 2.27. The van der Waals surface area contributed by atoms with Crippen molar-refractivity contribution >= 4 is 39.7 Å². The van der Waals surface area contributed by atoms with Gasteiger partial charge in [0.25, 0.3) is 5.91 Å². The fourth-order valence-corrected chi connectivity index (χ4v) is 1.90. The highest BCUT2D eigenvalue weighted by molar-refractivity contribution is 7.17. The summed E-state index contributed by atoms with van der Waals surface area (Å²) in [7, 11) is 1.53. The zero-order valence-electron chi connectivity index (χ0n) is 9.31. The first kappa shape index (κ1) is 12.6. The van der Waals surface area contributed by atoms with E-state index in [2.05, 4.69) is 15.5 Å². The standard InChI is InChI=1S/C10H9ClN4O2S/c1-17-5-2-3-6(11)7(4-5)13-8(16)9-14-15-10(12)18-9/h2-4H,1H3,(H2,12,15)(H,13,16). The zero-order valence-corrected chi connectivity index (χ0v) is 10.9. The molecule has 0 fully saturated rings.